The van der Waals surface area contributed by atoms with Crippen LogP contribution in [0.4, 0.5) is 5.82 Å². The normalized spacial score (nSPS) is 15.4. The topological polar surface area (TPSA) is 49.6 Å². The van der Waals surface area contributed by atoms with Gasteiger partial charge in [0.2, 0.25) is 0 Å². The number of furan rings is 1. The largest absolute Gasteiger partial charge is 0.469 e. The molecule has 2 aromatic heterocycles. The van der Waals surface area contributed by atoms with Crippen molar-refractivity contribution in [2.75, 3.05) is 31.1 Å². The monoisotopic (exact) mass is 271 g/mol. The smallest absolute Gasteiger partial charge is 0.257 e. The summed E-state index contributed by atoms with van der Waals surface area (Å²) in [5.74, 6) is 1.71. The number of rotatable bonds is 2. The molecule has 3 rings (SSSR count). The van der Waals surface area contributed by atoms with E-state index in [0.29, 0.717) is 24.4 Å². The van der Waals surface area contributed by atoms with Gasteiger partial charge in [0.15, 0.2) is 0 Å². The van der Waals surface area contributed by atoms with Crippen molar-refractivity contribution in [2.45, 2.75) is 6.92 Å². The Morgan fingerprint density at radius 3 is 2.60 bits per heavy atom. The Balaban J connectivity index is 1.64. The van der Waals surface area contributed by atoms with Gasteiger partial charge in [0.25, 0.3) is 5.91 Å². The molecule has 0 bridgehead atoms. The molecule has 0 radical (unpaired) electrons. The molecule has 0 N–H and O–H groups in total. The van der Waals surface area contributed by atoms with Gasteiger partial charge in [0, 0.05) is 32.4 Å². The lowest BCUT2D eigenvalue weighted by atomic mass is 10.2. The summed E-state index contributed by atoms with van der Waals surface area (Å²) < 4.78 is 5.20. The third kappa shape index (κ3) is 2.39. The summed E-state index contributed by atoms with van der Waals surface area (Å²) in [5, 5.41) is 0. The number of nitrogens with zero attached hydrogens (tertiary/aromatic N) is 3. The first kappa shape index (κ1) is 12.7. The molecule has 1 aliphatic rings. The van der Waals surface area contributed by atoms with Crippen LogP contribution in [-0.2, 0) is 0 Å². The summed E-state index contributed by atoms with van der Waals surface area (Å²) in [6, 6.07) is 7.63. The molecular formula is C15H17N3O2. The lowest BCUT2D eigenvalue weighted by molar-refractivity contribution is 0.0745. The third-order valence-electron chi connectivity index (χ3n) is 3.63. The van der Waals surface area contributed by atoms with Crippen LogP contribution < -0.4 is 4.90 Å². The number of hydrogen-bond acceptors (Lipinski definition) is 4. The van der Waals surface area contributed by atoms with Crippen LogP contribution in [0.5, 0.6) is 0 Å². The minimum Gasteiger partial charge on any atom is -0.469 e. The first-order valence-electron chi connectivity index (χ1n) is 6.75. The second-order valence-corrected chi connectivity index (χ2v) is 4.86. The van der Waals surface area contributed by atoms with Crippen LogP contribution in [0.2, 0.25) is 0 Å². The van der Waals surface area contributed by atoms with Gasteiger partial charge in [-0.2, -0.15) is 0 Å². The van der Waals surface area contributed by atoms with Crippen molar-refractivity contribution in [1.29, 1.82) is 0 Å². The van der Waals surface area contributed by atoms with E-state index in [-0.39, 0.29) is 5.91 Å². The average molecular weight is 271 g/mol. The van der Waals surface area contributed by atoms with Crippen LogP contribution in [0.3, 0.4) is 0 Å². The maximum Gasteiger partial charge on any atom is 0.257 e. The van der Waals surface area contributed by atoms with Crippen LogP contribution >= 0.6 is 0 Å². The van der Waals surface area contributed by atoms with Gasteiger partial charge in [-0.3, -0.25) is 4.79 Å². The van der Waals surface area contributed by atoms with Crippen LogP contribution in [0, 0.1) is 6.92 Å². The zero-order chi connectivity index (χ0) is 13.9. The summed E-state index contributed by atoms with van der Waals surface area (Å²) in [4.78, 5) is 20.8. The van der Waals surface area contributed by atoms with Crippen LogP contribution in [-0.4, -0.2) is 42.0 Å². The van der Waals surface area contributed by atoms with Gasteiger partial charge >= 0.3 is 0 Å². The summed E-state index contributed by atoms with van der Waals surface area (Å²) in [7, 11) is 0. The van der Waals surface area contributed by atoms with Crippen LogP contribution in [0.1, 0.15) is 16.1 Å². The fourth-order valence-electron chi connectivity index (χ4n) is 2.46. The van der Waals surface area contributed by atoms with Gasteiger partial charge in [-0.25, -0.2) is 4.98 Å². The number of aromatic nitrogens is 1. The quantitative estimate of drug-likeness (QED) is 0.837. The van der Waals surface area contributed by atoms with Gasteiger partial charge < -0.3 is 14.2 Å². The second-order valence-electron chi connectivity index (χ2n) is 4.86. The van der Waals surface area contributed by atoms with Gasteiger partial charge in [-0.1, -0.05) is 6.07 Å². The Morgan fingerprint density at radius 1 is 1.20 bits per heavy atom. The van der Waals surface area contributed by atoms with E-state index in [0.717, 1.165) is 18.9 Å². The highest BCUT2D eigenvalue weighted by molar-refractivity contribution is 5.95. The Kier molecular flexibility index (Phi) is 3.41. The Bertz CT molecular complexity index is 586. The molecule has 0 atom stereocenters. The summed E-state index contributed by atoms with van der Waals surface area (Å²) in [6.45, 7) is 4.84. The molecule has 1 fully saturated rings. The van der Waals surface area contributed by atoms with E-state index in [1.165, 1.54) is 0 Å². The highest BCUT2D eigenvalue weighted by atomic mass is 16.3. The first-order valence-corrected chi connectivity index (χ1v) is 6.75. The van der Waals surface area contributed by atoms with Crippen molar-refractivity contribution >= 4 is 11.7 Å². The van der Waals surface area contributed by atoms with E-state index in [1.807, 2.05) is 30.0 Å². The van der Waals surface area contributed by atoms with E-state index >= 15 is 0 Å². The van der Waals surface area contributed by atoms with E-state index < -0.39 is 0 Å². The van der Waals surface area contributed by atoms with Crippen molar-refractivity contribution in [2.24, 2.45) is 0 Å². The minimum absolute atomic E-state index is 0.0527. The second kappa shape index (κ2) is 5.36. The number of hydrogen-bond donors (Lipinski definition) is 0. The SMILES string of the molecule is Cc1occc1C(=O)N1CCN(c2ccccn2)CC1. The van der Waals surface area contributed by atoms with E-state index in [4.69, 9.17) is 4.42 Å². The van der Waals surface area contributed by atoms with Crippen LogP contribution in [0.15, 0.2) is 41.1 Å². The van der Waals surface area contributed by atoms with Gasteiger partial charge in [0.1, 0.15) is 11.6 Å². The van der Waals surface area contributed by atoms with Crippen LogP contribution in [0.25, 0.3) is 0 Å². The fourth-order valence-corrected chi connectivity index (χ4v) is 2.46. The van der Waals surface area contributed by atoms with Gasteiger partial charge in [-0.05, 0) is 25.1 Å². The molecule has 104 valence electrons. The molecule has 5 heteroatoms. The number of anilines is 1. The minimum atomic E-state index is 0.0527. The molecule has 5 nitrogen and oxygen atoms in total. The number of piperazine rings is 1. The maximum absolute atomic E-state index is 12.4. The van der Waals surface area contributed by atoms with Gasteiger partial charge in [-0.15, -0.1) is 0 Å². The number of carbonyl (C=O) groups is 1. The molecule has 0 saturated carbocycles. The van der Waals surface area contributed by atoms with Gasteiger partial charge in [0.05, 0.1) is 11.8 Å². The molecule has 0 unspecified atom stereocenters. The zero-order valence-corrected chi connectivity index (χ0v) is 11.5. The summed E-state index contributed by atoms with van der Waals surface area (Å²) >= 11 is 0. The average Bonchev–Trinajstić information content (AvgIpc) is 2.94. The molecule has 1 amide bonds. The lowest BCUT2D eigenvalue weighted by Gasteiger charge is -2.35. The van der Waals surface area contributed by atoms with Crippen molar-refractivity contribution in [3.63, 3.8) is 0 Å². The lowest BCUT2D eigenvalue weighted by Crippen LogP contribution is -2.49. The molecular weight excluding hydrogens is 254 g/mol. The van der Waals surface area contributed by atoms with Crippen molar-refractivity contribution in [1.82, 2.24) is 9.88 Å². The highest BCUT2D eigenvalue weighted by Gasteiger charge is 2.24. The zero-order valence-electron chi connectivity index (χ0n) is 11.5. The molecule has 20 heavy (non-hydrogen) atoms. The number of amides is 1. The molecule has 2 aromatic rings. The molecule has 3 heterocycles. The summed E-state index contributed by atoms with van der Waals surface area (Å²) in [6.07, 6.45) is 3.36. The van der Waals surface area contributed by atoms with E-state index in [1.54, 1.807) is 18.5 Å². The Morgan fingerprint density at radius 2 is 2.00 bits per heavy atom. The highest BCUT2D eigenvalue weighted by Crippen LogP contribution is 2.16. The predicted molar refractivity (Wildman–Crippen MR) is 75.8 cm³/mol. The van der Waals surface area contributed by atoms with Crippen molar-refractivity contribution in [3.8, 4) is 0 Å². The van der Waals surface area contributed by atoms with E-state index in [2.05, 4.69) is 9.88 Å². The number of aryl methyl sites for hydroxylation is 1. The Labute approximate surface area is 117 Å². The molecule has 0 spiro atoms. The molecule has 0 aliphatic carbocycles. The maximum atomic E-state index is 12.4. The van der Waals surface area contributed by atoms with Crippen molar-refractivity contribution < 1.29 is 9.21 Å². The number of carbonyl (C=O) groups excluding carboxylic acids is 1. The predicted octanol–water partition coefficient (Wildman–Crippen LogP) is 1.95. The first-order chi connectivity index (χ1) is 9.75. The Hall–Kier alpha value is -2.30. The van der Waals surface area contributed by atoms with Crippen molar-refractivity contribution in [3.05, 3.63) is 48.0 Å². The van der Waals surface area contributed by atoms with E-state index in [9.17, 15) is 4.79 Å². The molecule has 1 saturated heterocycles. The number of pyridine rings is 1. The molecule has 1 aliphatic heterocycles. The summed E-state index contributed by atoms with van der Waals surface area (Å²) in [5.41, 5.74) is 0.663. The molecule has 0 aromatic carbocycles. The standard InChI is InChI=1S/C15H17N3O2/c1-12-13(5-11-20-12)15(19)18-9-7-17(8-10-18)14-4-2-3-6-16-14/h2-6,11H,7-10H2,1H3. The third-order valence-corrected chi connectivity index (χ3v) is 3.63. The fraction of sp³-hybridized carbons (Fsp3) is 0.333.